The number of aliphatic hydroxyl groups excluding tert-OH is 1. The van der Waals surface area contributed by atoms with Crippen molar-refractivity contribution in [1.29, 1.82) is 0 Å². The number of methoxy groups -OCH3 is 2. The predicted octanol–water partition coefficient (Wildman–Crippen LogP) is 2.91. The van der Waals surface area contributed by atoms with Gasteiger partial charge in [0.15, 0.2) is 0 Å². The summed E-state index contributed by atoms with van der Waals surface area (Å²) in [6.07, 6.45) is 0.113. The maximum absolute atomic E-state index is 9.83. The standard InChI is InChI=1S/C11H15BrO3/c1-4-9(13)11-8(12)5-7(14-2)6-10(11)15-3/h5-6,9,13H,4H2,1-3H3/t9-/m0/s1. The fourth-order valence-corrected chi connectivity index (χ4v) is 2.07. The van der Waals surface area contributed by atoms with Crippen LogP contribution in [-0.4, -0.2) is 19.3 Å². The summed E-state index contributed by atoms with van der Waals surface area (Å²) in [5, 5.41) is 9.83. The van der Waals surface area contributed by atoms with Gasteiger partial charge in [0, 0.05) is 16.1 Å². The number of hydrogen-bond donors (Lipinski definition) is 1. The first-order valence-electron chi connectivity index (χ1n) is 4.73. The van der Waals surface area contributed by atoms with Crippen LogP contribution in [0.3, 0.4) is 0 Å². The highest BCUT2D eigenvalue weighted by Gasteiger charge is 2.16. The van der Waals surface area contributed by atoms with Crippen molar-refractivity contribution in [1.82, 2.24) is 0 Å². The van der Waals surface area contributed by atoms with Gasteiger partial charge in [-0.1, -0.05) is 22.9 Å². The SMILES string of the molecule is CC[C@H](O)c1c(Br)cc(OC)cc1OC. The van der Waals surface area contributed by atoms with E-state index < -0.39 is 6.10 Å². The van der Waals surface area contributed by atoms with Crippen molar-refractivity contribution in [3.05, 3.63) is 22.2 Å². The first kappa shape index (κ1) is 12.3. The second kappa shape index (κ2) is 5.37. The summed E-state index contributed by atoms with van der Waals surface area (Å²) >= 11 is 3.40. The second-order valence-electron chi connectivity index (χ2n) is 3.15. The van der Waals surface area contributed by atoms with Crippen LogP contribution < -0.4 is 9.47 Å². The Morgan fingerprint density at radius 3 is 2.47 bits per heavy atom. The van der Waals surface area contributed by atoms with Gasteiger partial charge in [0.25, 0.3) is 0 Å². The lowest BCUT2D eigenvalue weighted by Gasteiger charge is -2.16. The summed E-state index contributed by atoms with van der Waals surface area (Å²) in [5.74, 6) is 1.33. The Labute approximate surface area is 98.1 Å². The molecule has 0 aliphatic heterocycles. The predicted molar refractivity (Wildman–Crippen MR) is 62.5 cm³/mol. The lowest BCUT2D eigenvalue weighted by molar-refractivity contribution is 0.168. The monoisotopic (exact) mass is 274 g/mol. The number of rotatable bonds is 4. The van der Waals surface area contributed by atoms with Crippen LogP contribution in [0.25, 0.3) is 0 Å². The van der Waals surface area contributed by atoms with E-state index in [9.17, 15) is 5.11 Å². The normalized spacial score (nSPS) is 12.3. The summed E-state index contributed by atoms with van der Waals surface area (Å²) < 4.78 is 11.1. The third-order valence-corrected chi connectivity index (χ3v) is 2.90. The Balaban J connectivity index is 3.24. The van der Waals surface area contributed by atoms with Crippen molar-refractivity contribution in [2.24, 2.45) is 0 Å². The van der Waals surface area contributed by atoms with Crippen LogP contribution in [0.4, 0.5) is 0 Å². The first-order valence-corrected chi connectivity index (χ1v) is 5.52. The molecule has 0 aromatic heterocycles. The maximum atomic E-state index is 9.83. The van der Waals surface area contributed by atoms with Crippen molar-refractivity contribution in [3.8, 4) is 11.5 Å². The highest BCUT2D eigenvalue weighted by Crippen LogP contribution is 2.37. The molecule has 4 heteroatoms. The molecule has 1 rings (SSSR count). The Morgan fingerprint density at radius 2 is 2.00 bits per heavy atom. The molecule has 3 nitrogen and oxygen atoms in total. The van der Waals surface area contributed by atoms with Crippen molar-refractivity contribution in [2.45, 2.75) is 19.4 Å². The minimum atomic E-state index is -0.528. The molecule has 0 aliphatic carbocycles. The van der Waals surface area contributed by atoms with Gasteiger partial charge in [0.1, 0.15) is 11.5 Å². The van der Waals surface area contributed by atoms with E-state index in [0.29, 0.717) is 17.9 Å². The lowest BCUT2D eigenvalue weighted by Crippen LogP contribution is -2.01. The molecular formula is C11H15BrO3. The molecule has 0 unspecified atom stereocenters. The molecule has 0 heterocycles. The number of ether oxygens (including phenoxy) is 2. The van der Waals surface area contributed by atoms with Crippen LogP contribution >= 0.6 is 15.9 Å². The van der Waals surface area contributed by atoms with E-state index in [1.807, 2.05) is 13.0 Å². The van der Waals surface area contributed by atoms with Crippen molar-refractivity contribution in [2.75, 3.05) is 14.2 Å². The highest BCUT2D eigenvalue weighted by atomic mass is 79.9. The van der Waals surface area contributed by atoms with E-state index in [1.54, 1.807) is 20.3 Å². The fourth-order valence-electron chi connectivity index (χ4n) is 1.38. The van der Waals surface area contributed by atoms with Gasteiger partial charge in [-0.25, -0.2) is 0 Å². The van der Waals surface area contributed by atoms with Gasteiger partial charge < -0.3 is 14.6 Å². The van der Waals surface area contributed by atoms with Crippen LogP contribution in [0.5, 0.6) is 11.5 Å². The molecule has 0 fully saturated rings. The second-order valence-corrected chi connectivity index (χ2v) is 4.00. The molecule has 1 N–H and O–H groups in total. The number of aliphatic hydroxyl groups is 1. The number of benzene rings is 1. The molecule has 84 valence electrons. The Bertz CT molecular complexity index is 339. The fraction of sp³-hybridized carbons (Fsp3) is 0.455. The van der Waals surface area contributed by atoms with E-state index >= 15 is 0 Å². The quantitative estimate of drug-likeness (QED) is 0.918. The van der Waals surface area contributed by atoms with Crippen LogP contribution in [-0.2, 0) is 0 Å². The smallest absolute Gasteiger partial charge is 0.129 e. The molecule has 0 spiro atoms. The molecule has 0 radical (unpaired) electrons. The average molecular weight is 275 g/mol. The zero-order chi connectivity index (χ0) is 11.4. The molecule has 0 saturated carbocycles. The average Bonchev–Trinajstić information content (AvgIpc) is 2.26. The minimum Gasteiger partial charge on any atom is -0.497 e. The van der Waals surface area contributed by atoms with Gasteiger partial charge in [-0.05, 0) is 12.5 Å². The number of halogens is 1. The third-order valence-electron chi connectivity index (χ3n) is 2.24. The van der Waals surface area contributed by atoms with Gasteiger partial charge in [0.2, 0.25) is 0 Å². The molecule has 1 atom stereocenters. The Hall–Kier alpha value is -0.740. The van der Waals surface area contributed by atoms with Crippen molar-refractivity contribution in [3.63, 3.8) is 0 Å². The van der Waals surface area contributed by atoms with Gasteiger partial charge in [0.05, 0.1) is 20.3 Å². The first-order chi connectivity index (χ1) is 7.13. The number of hydrogen-bond acceptors (Lipinski definition) is 3. The summed E-state index contributed by atoms with van der Waals surface area (Å²) in [5.41, 5.74) is 0.765. The molecule has 0 aliphatic rings. The van der Waals surface area contributed by atoms with Gasteiger partial charge in [-0.3, -0.25) is 0 Å². The Morgan fingerprint density at radius 1 is 1.33 bits per heavy atom. The zero-order valence-corrected chi connectivity index (χ0v) is 10.7. The largest absolute Gasteiger partial charge is 0.497 e. The summed E-state index contributed by atoms with van der Waals surface area (Å²) in [7, 11) is 3.17. The van der Waals surface area contributed by atoms with Crippen molar-refractivity contribution >= 4 is 15.9 Å². The zero-order valence-electron chi connectivity index (χ0n) is 9.08. The van der Waals surface area contributed by atoms with E-state index in [-0.39, 0.29) is 0 Å². The molecule has 0 amide bonds. The van der Waals surface area contributed by atoms with E-state index in [4.69, 9.17) is 9.47 Å². The lowest BCUT2D eigenvalue weighted by atomic mass is 10.1. The van der Waals surface area contributed by atoms with Crippen LogP contribution in [0.15, 0.2) is 16.6 Å². The molecular weight excluding hydrogens is 260 g/mol. The van der Waals surface area contributed by atoms with Crippen LogP contribution in [0.2, 0.25) is 0 Å². The van der Waals surface area contributed by atoms with Gasteiger partial charge in [-0.15, -0.1) is 0 Å². The molecule has 15 heavy (non-hydrogen) atoms. The summed E-state index contributed by atoms with van der Waals surface area (Å²) in [6.45, 7) is 1.92. The van der Waals surface area contributed by atoms with Crippen LogP contribution in [0, 0.1) is 0 Å². The van der Waals surface area contributed by atoms with Gasteiger partial charge >= 0.3 is 0 Å². The van der Waals surface area contributed by atoms with E-state index in [0.717, 1.165) is 10.0 Å². The van der Waals surface area contributed by atoms with E-state index in [1.165, 1.54) is 0 Å². The topological polar surface area (TPSA) is 38.7 Å². The molecule has 1 aromatic carbocycles. The minimum absolute atomic E-state index is 0.528. The van der Waals surface area contributed by atoms with E-state index in [2.05, 4.69) is 15.9 Å². The Kier molecular flexibility index (Phi) is 4.42. The molecule has 1 aromatic rings. The molecule has 0 saturated heterocycles. The van der Waals surface area contributed by atoms with Crippen molar-refractivity contribution < 1.29 is 14.6 Å². The highest BCUT2D eigenvalue weighted by molar-refractivity contribution is 9.10. The van der Waals surface area contributed by atoms with Crippen LogP contribution in [0.1, 0.15) is 25.0 Å². The van der Waals surface area contributed by atoms with Gasteiger partial charge in [-0.2, -0.15) is 0 Å². The summed E-state index contributed by atoms with van der Waals surface area (Å²) in [4.78, 5) is 0. The maximum Gasteiger partial charge on any atom is 0.129 e. The molecule has 0 bridgehead atoms. The summed E-state index contributed by atoms with van der Waals surface area (Å²) in [6, 6.07) is 3.58. The third kappa shape index (κ3) is 2.63.